The zero-order valence-corrected chi connectivity index (χ0v) is 9.50. The summed E-state index contributed by atoms with van der Waals surface area (Å²) in [5.74, 6) is -0.153. The highest BCUT2D eigenvalue weighted by Gasteiger charge is 2.03. The lowest BCUT2D eigenvalue weighted by atomic mass is 10.1. The smallest absolute Gasteiger partial charge is 0.140 e. The lowest BCUT2D eigenvalue weighted by molar-refractivity contribution is 0.610. The molecule has 0 heterocycles. The van der Waals surface area contributed by atoms with Gasteiger partial charge in [0.05, 0.1) is 4.47 Å². The first-order chi connectivity index (χ1) is 5.63. The van der Waals surface area contributed by atoms with Gasteiger partial charge in [-0.1, -0.05) is 19.9 Å². The van der Waals surface area contributed by atoms with E-state index in [9.17, 15) is 4.39 Å². The van der Waals surface area contributed by atoms with Crippen LogP contribution in [0.25, 0.3) is 0 Å². The van der Waals surface area contributed by atoms with Gasteiger partial charge in [-0.15, -0.1) is 0 Å². The molecule has 2 heteroatoms. The molecule has 0 N–H and O–H groups in total. The lowest BCUT2D eigenvalue weighted by Crippen LogP contribution is -1.87. The Morgan fingerprint density at radius 2 is 1.67 bits per heavy atom. The van der Waals surface area contributed by atoms with Gasteiger partial charge in [-0.25, -0.2) is 4.39 Å². The number of hydrogen-bond donors (Lipinski definition) is 0. The van der Waals surface area contributed by atoms with Gasteiger partial charge in [0.25, 0.3) is 0 Å². The number of hydrogen-bond acceptors (Lipinski definition) is 0. The quantitative estimate of drug-likeness (QED) is 0.629. The summed E-state index contributed by atoms with van der Waals surface area (Å²) in [4.78, 5) is 0. The van der Waals surface area contributed by atoms with E-state index in [-0.39, 0.29) is 5.82 Å². The van der Waals surface area contributed by atoms with Crippen LogP contribution in [0.1, 0.15) is 25.0 Å². The van der Waals surface area contributed by atoms with Crippen molar-refractivity contribution in [2.24, 2.45) is 0 Å². The van der Waals surface area contributed by atoms with E-state index >= 15 is 0 Å². The average molecular weight is 233 g/mol. The van der Waals surface area contributed by atoms with Gasteiger partial charge < -0.3 is 0 Å². The van der Waals surface area contributed by atoms with Gasteiger partial charge in [-0.3, -0.25) is 0 Å². The molecule has 0 aliphatic rings. The van der Waals surface area contributed by atoms with Crippen molar-refractivity contribution < 1.29 is 4.39 Å². The molecule has 0 aromatic heterocycles. The van der Waals surface area contributed by atoms with Crippen molar-refractivity contribution in [3.8, 4) is 0 Å². The molecule has 1 aromatic carbocycles. The minimum Gasteiger partial charge on any atom is -0.205 e. The predicted molar refractivity (Wildman–Crippen MR) is 54.9 cm³/mol. The number of benzene rings is 1. The predicted octanol–water partition coefficient (Wildman–Crippen LogP) is 4.23. The summed E-state index contributed by atoms with van der Waals surface area (Å²) in [6.45, 7) is 7.67. The molecule has 0 nitrogen and oxygen atoms in total. The maximum absolute atomic E-state index is 12.9. The van der Waals surface area contributed by atoms with E-state index in [4.69, 9.17) is 0 Å². The molecule has 0 fully saturated rings. The van der Waals surface area contributed by atoms with Gasteiger partial charge >= 0.3 is 0 Å². The average Bonchev–Trinajstić information content (AvgIpc) is 2.12. The van der Waals surface area contributed by atoms with Crippen molar-refractivity contribution in [2.75, 3.05) is 0 Å². The van der Waals surface area contributed by atoms with Gasteiger partial charge in [0.2, 0.25) is 0 Å². The van der Waals surface area contributed by atoms with Crippen LogP contribution >= 0.6 is 15.9 Å². The fourth-order valence-corrected chi connectivity index (χ4v) is 1.18. The van der Waals surface area contributed by atoms with Crippen molar-refractivity contribution in [2.45, 2.75) is 27.7 Å². The Morgan fingerprint density at radius 3 is 2.08 bits per heavy atom. The fourth-order valence-electron chi connectivity index (χ4n) is 0.749. The van der Waals surface area contributed by atoms with Crippen LogP contribution in [0.2, 0.25) is 0 Å². The SMILES string of the molecule is CC.Cc1ccc(Br)c(F)c1C. The molecule has 0 aliphatic heterocycles. The first kappa shape index (κ1) is 11.6. The summed E-state index contributed by atoms with van der Waals surface area (Å²) in [6, 6.07) is 3.61. The van der Waals surface area contributed by atoms with E-state index < -0.39 is 0 Å². The van der Waals surface area contributed by atoms with Gasteiger partial charge in [0.1, 0.15) is 5.82 Å². The van der Waals surface area contributed by atoms with Crippen LogP contribution in [0.4, 0.5) is 4.39 Å². The van der Waals surface area contributed by atoms with E-state index in [0.717, 1.165) is 11.1 Å². The molecule has 0 amide bonds. The Kier molecular flexibility index (Phi) is 5.14. The van der Waals surface area contributed by atoms with Crippen LogP contribution in [0.5, 0.6) is 0 Å². The van der Waals surface area contributed by atoms with Gasteiger partial charge in [0, 0.05) is 0 Å². The number of halogens is 2. The molecule has 68 valence electrons. The zero-order chi connectivity index (χ0) is 9.72. The van der Waals surface area contributed by atoms with E-state index in [0.29, 0.717) is 4.47 Å². The Bertz CT molecular complexity index is 229. The molecular formula is C10H14BrF. The topological polar surface area (TPSA) is 0 Å². The van der Waals surface area contributed by atoms with Crippen LogP contribution in [0.15, 0.2) is 16.6 Å². The van der Waals surface area contributed by atoms with E-state index in [1.54, 1.807) is 13.0 Å². The van der Waals surface area contributed by atoms with E-state index in [1.807, 2.05) is 26.8 Å². The summed E-state index contributed by atoms with van der Waals surface area (Å²) in [5.41, 5.74) is 1.70. The van der Waals surface area contributed by atoms with E-state index in [1.165, 1.54) is 0 Å². The van der Waals surface area contributed by atoms with Crippen LogP contribution in [0, 0.1) is 19.7 Å². The van der Waals surface area contributed by atoms with Gasteiger partial charge in [0.15, 0.2) is 0 Å². The standard InChI is InChI=1S/C8H8BrF.C2H6/c1-5-3-4-7(9)8(10)6(5)2;1-2/h3-4H,1-2H3;1-2H3. The van der Waals surface area contributed by atoms with Crippen LogP contribution < -0.4 is 0 Å². The summed E-state index contributed by atoms with van der Waals surface area (Å²) >= 11 is 3.11. The monoisotopic (exact) mass is 232 g/mol. The second kappa shape index (κ2) is 5.31. The lowest BCUT2D eigenvalue weighted by Gasteiger charge is -2.01. The molecule has 0 saturated heterocycles. The van der Waals surface area contributed by atoms with Gasteiger partial charge in [-0.05, 0) is 47.0 Å². The Morgan fingerprint density at radius 1 is 1.17 bits per heavy atom. The van der Waals surface area contributed by atoms with Crippen molar-refractivity contribution in [3.63, 3.8) is 0 Å². The largest absolute Gasteiger partial charge is 0.205 e. The number of aryl methyl sites for hydroxylation is 1. The highest BCUT2D eigenvalue weighted by atomic mass is 79.9. The molecule has 0 saturated carbocycles. The maximum Gasteiger partial charge on any atom is 0.140 e. The summed E-state index contributed by atoms with van der Waals surface area (Å²) in [7, 11) is 0. The van der Waals surface area contributed by atoms with Crippen LogP contribution in [-0.4, -0.2) is 0 Å². The second-order valence-electron chi connectivity index (χ2n) is 2.30. The molecule has 12 heavy (non-hydrogen) atoms. The molecular weight excluding hydrogens is 219 g/mol. The van der Waals surface area contributed by atoms with Crippen molar-refractivity contribution in [1.82, 2.24) is 0 Å². The first-order valence-electron chi connectivity index (χ1n) is 4.04. The fraction of sp³-hybridized carbons (Fsp3) is 0.400. The summed E-state index contributed by atoms with van der Waals surface area (Å²) < 4.78 is 13.5. The second-order valence-corrected chi connectivity index (χ2v) is 3.16. The third kappa shape index (κ3) is 2.59. The molecule has 0 unspecified atom stereocenters. The molecule has 0 aliphatic carbocycles. The third-order valence-corrected chi connectivity index (χ3v) is 2.22. The van der Waals surface area contributed by atoms with E-state index in [2.05, 4.69) is 15.9 Å². The summed E-state index contributed by atoms with van der Waals surface area (Å²) in [6.07, 6.45) is 0. The van der Waals surface area contributed by atoms with Crippen molar-refractivity contribution >= 4 is 15.9 Å². The normalized spacial score (nSPS) is 8.83. The third-order valence-electron chi connectivity index (χ3n) is 1.61. The van der Waals surface area contributed by atoms with Crippen LogP contribution in [-0.2, 0) is 0 Å². The number of rotatable bonds is 0. The minimum atomic E-state index is -0.153. The molecule has 1 aromatic rings. The molecule has 0 atom stereocenters. The van der Waals surface area contributed by atoms with Gasteiger partial charge in [-0.2, -0.15) is 0 Å². The zero-order valence-electron chi connectivity index (χ0n) is 7.91. The molecule has 0 spiro atoms. The Balaban J connectivity index is 0.000000561. The first-order valence-corrected chi connectivity index (χ1v) is 4.83. The summed E-state index contributed by atoms with van der Waals surface area (Å²) in [5, 5.41) is 0. The molecule has 1 rings (SSSR count). The molecule has 0 bridgehead atoms. The highest BCUT2D eigenvalue weighted by molar-refractivity contribution is 9.10. The Labute approximate surface area is 81.9 Å². The minimum absolute atomic E-state index is 0.153. The molecule has 0 radical (unpaired) electrons. The Hall–Kier alpha value is -0.370. The maximum atomic E-state index is 12.9. The van der Waals surface area contributed by atoms with Crippen molar-refractivity contribution in [1.29, 1.82) is 0 Å². The van der Waals surface area contributed by atoms with Crippen molar-refractivity contribution in [3.05, 3.63) is 33.5 Å². The van der Waals surface area contributed by atoms with Crippen LogP contribution in [0.3, 0.4) is 0 Å². The highest BCUT2D eigenvalue weighted by Crippen LogP contribution is 2.20.